The van der Waals surface area contributed by atoms with E-state index in [1.807, 2.05) is 30.0 Å². The lowest BCUT2D eigenvalue weighted by molar-refractivity contribution is -0.132. The number of hydrogen-bond acceptors (Lipinski definition) is 4. The first-order chi connectivity index (χ1) is 11.0. The summed E-state index contributed by atoms with van der Waals surface area (Å²) in [5.74, 6) is 0.739. The first-order valence-electron chi connectivity index (χ1n) is 8.05. The van der Waals surface area contributed by atoms with Crippen molar-refractivity contribution in [3.8, 4) is 5.75 Å². The molecule has 0 radical (unpaired) electrons. The lowest BCUT2D eigenvalue weighted by Gasteiger charge is -2.34. The molecule has 2 heterocycles. The van der Waals surface area contributed by atoms with E-state index in [4.69, 9.17) is 4.74 Å². The zero-order valence-electron chi connectivity index (χ0n) is 13.7. The minimum atomic E-state index is -0.0886. The van der Waals surface area contributed by atoms with Crippen LogP contribution in [0.3, 0.4) is 0 Å². The van der Waals surface area contributed by atoms with Crippen molar-refractivity contribution in [2.45, 2.75) is 13.3 Å². The summed E-state index contributed by atoms with van der Waals surface area (Å²) in [6.45, 7) is 5.77. The van der Waals surface area contributed by atoms with Crippen LogP contribution >= 0.6 is 0 Å². The minimum absolute atomic E-state index is 0.0404. The van der Waals surface area contributed by atoms with E-state index in [2.05, 4.69) is 11.9 Å². The molecule has 23 heavy (non-hydrogen) atoms. The van der Waals surface area contributed by atoms with E-state index in [1.54, 1.807) is 4.90 Å². The average molecular weight is 317 g/mol. The number of likely N-dealkylation sites (N-methyl/N-ethyl adjacent to an activating group) is 1. The smallest absolute Gasteiger partial charge is 0.265 e. The van der Waals surface area contributed by atoms with Gasteiger partial charge in [-0.3, -0.25) is 9.59 Å². The van der Waals surface area contributed by atoms with E-state index in [-0.39, 0.29) is 18.4 Å². The van der Waals surface area contributed by atoms with Gasteiger partial charge in [-0.15, -0.1) is 0 Å². The van der Waals surface area contributed by atoms with Crippen LogP contribution in [-0.4, -0.2) is 68.0 Å². The zero-order chi connectivity index (χ0) is 16.4. The fourth-order valence-electron chi connectivity index (χ4n) is 2.98. The lowest BCUT2D eigenvalue weighted by Crippen LogP contribution is -2.48. The fourth-order valence-corrected chi connectivity index (χ4v) is 2.98. The average Bonchev–Trinajstić information content (AvgIpc) is 2.54. The van der Waals surface area contributed by atoms with E-state index in [9.17, 15) is 9.59 Å². The van der Waals surface area contributed by atoms with E-state index in [1.165, 1.54) is 0 Å². The quantitative estimate of drug-likeness (QED) is 0.831. The third-order valence-electron chi connectivity index (χ3n) is 4.46. The van der Waals surface area contributed by atoms with Crippen molar-refractivity contribution in [1.29, 1.82) is 0 Å². The van der Waals surface area contributed by atoms with Crippen molar-refractivity contribution >= 4 is 17.5 Å². The summed E-state index contributed by atoms with van der Waals surface area (Å²) < 4.78 is 5.46. The van der Waals surface area contributed by atoms with Crippen LogP contribution < -0.4 is 9.64 Å². The summed E-state index contributed by atoms with van der Waals surface area (Å²) in [4.78, 5) is 30.3. The van der Waals surface area contributed by atoms with Crippen LogP contribution in [0.2, 0.25) is 0 Å². The highest BCUT2D eigenvalue weighted by molar-refractivity contribution is 5.98. The van der Waals surface area contributed by atoms with Crippen molar-refractivity contribution < 1.29 is 14.3 Å². The number of aryl methyl sites for hydroxylation is 1. The number of anilines is 1. The van der Waals surface area contributed by atoms with Gasteiger partial charge in [-0.25, -0.2) is 0 Å². The molecule has 1 aromatic rings. The van der Waals surface area contributed by atoms with E-state index >= 15 is 0 Å². The molecule has 0 N–H and O–H groups in total. The Balaban J connectivity index is 1.65. The highest BCUT2D eigenvalue weighted by Gasteiger charge is 2.27. The SMILES string of the molecule is Cc1ccc2c(c1)N(CCC(=O)N1CCN(C)CC1)C(=O)CO2. The molecule has 2 aliphatic rings. The number of fused-ring (bicyclic) bond motifs is 1. The third-order valence-corrected chi connectivity index (χ3v) is 4.46. The first kappa shape index (κ1) is 15.8. The maximum atomic E-state index is 12.4. The Bertz CT molecular complexity index is 609. The first-order valence-corrected chi connectivity index (χ1v) is 8.05. The Morgan fingerprint density at radius 1 is 1.22 bits per heavy atom. The third kappa shape index (κ3) is 3.47. The number of ether oxygens (including phenoxy) is 1. The lowest BCUT2D eigenvalue weighted by atomic mass is 10.1. The molecule has 2 amide bonds. The van der Waals surface area contributed by atoms with Crippen molar-refractivity contribution in [1.82, 2.24) is 9.80 Å². The van der Waals surface area contributed by atoms with Gasteiger partial charge < -0.3 is 19.4 Å². The molecule has 0 spiro atoms. The second-order valence-electron chi connectivity index (χ2n) is 6.24. The molecule has 2 aliphatic heterocycles. The number of carbonyl (C=O) groups is 2. The molecule has 0 unspecified atom stereocenters. The van der Waals surface area contributed by atoms with E-state index in [0.717, 1.165) is 37.4 Å². The Kier molecular flexibility index (Phi) is 4.52. The van der Waals surface area contributed by atoms with Crippen LogP contribution in [0, 0.1) is 6.92 Å². The highest BCUT2D eigenvalue weighted by atomic mass is 16.5. The number of rotatable bonds is 3. The zero-order valence-corrected chi connectivity index (χ0v) is 13.7. The summed E-state index contributed by atoms with van der Waals surface area (Å²) in [5, 5.41) is 0. The predicted molar refractivity (Wildman–Crippen MR) is 87.7 cm³/mol. The maximum Gasteiger partial charge on any atom is 0.265 e. The van der Waals surface area contributed by atoms with Crippen molar-refractivity contribution in [2.75, 3.05) is 51.3 Å². The van der Waals surface area contributed by atoms with Gasteiger partial charge in [0.1, 0.15) is 5.75 Å². The second kappa shape index (κ2) is 6.58. The largest absolute Gasteiger partial charge is 0.482 e. The molecule has 1 fully saturated rings. The molecular formula is C17H23N3O3. The molecule has 1 saturated heterocycles. The van der Waals surface area contributed by atoms with E-state index in [0.29, 0.717) is 18.7 Å². The summed E-state index contributed by atoms with van der Waals surface area (Å²) in [6.07, 6.45) is 0.350. The molecule has 6 heteroatoms. The summed E-state index contributed by atoms with van der Waals surface area (Å²) in [5.41, 5.74) is 1.84. The van der Waals surface area contributed by atoms with Crippen LogP contribution in [-0.2, 0) is 9.59 Å². The van der Waals surface area contributed by atoms with Gasteiger partial charge in [-0.2, -0.15) is 0 Å². The molecule has 6 nitrogen and oxygen atoms in total. The standard InChI is InChI=1S/C17H23N3O3/c1-13-3-4-15-14(11-13)20(17(22)12-23-15)6-5-16(21)19-9-7-18(2)8-10-19/h3-4,11H,5-10,12H2,1-2H3. The van der Waals surface area contributed by atoms with Crippen LogP contribution in [0.25, 0.3) is 0 Å². The number of benzene rings is 1. The highest BCUT2D eigenvalue weighted by Crippen LogP contribution is 2.32. The topological polar surface area (TPSA) is 53.1 Å². The normalized spacial score (nSPS) is 18.6. The molecule has 0 saturated carbocycles. The Morgan fingerprint density at radius 2 is 1.96 bits per heavy atom. The number of amides is 2. The van der Waals surface area contributed by atoms with Gasteiger partial charge in [-0.1, -0.05) is 6.07 Å². The van der Waals surface area contributed by atoms with Gasteiger partial charge in [0, 0.05) is 39.1 Å². The molecular weight excluding hydrogens is 294 g/mol. The molecule has 3 rings (SSSR count). The van der Waals surface area contributed by atoms with Gasteiger partial charge in [0.2, 0.25) is 5.91 Å². The van der Waals surface area contributed by atoms with Crippen molar-refractivity contribution in [3.05, 3.63) is 23.8 Å². The number of carbonyl (C=O) groups excluding carboxylic acids is 2. The van der Waals surface area contributed by atoms with Crippen molar-refractivity contribution in [3.63, 3.8) is 0 Å². The van der Waals surface area contributed by atoms with Crippen LogP contribution in [0.5, 0.6) is 5.75 Å². The monoisotopic (exact) mass is 317 g/mol. The number of nitrogens with zero attached hydrogens (tertiary/aromatic N) is 3. The molecule has 124 valence electrons. The number of piperazine rings is 1. The molecule has 0 aromatic heterocycles. The van der Waals surface area contributed by atoms with Gasteiger partial charge in [0.15, 0.2) is 6.61 Å². The Labute approximate surface area is 136 Å². The van der Waals surface area contributed by atoms with Crippen LogP contribution in [0.1, 0.15) is 12.0 Å². The molecule has 1 aromatic carbocycles. The van der Waals surface area contributed by atoms with Crippen molar-refractivity contribution in [2.24, 2.45) is 0 Å². The summed E-state index contributed by atoms with van der Waals surface area (Å²) >= 11 is 0. The molecule has 0 aliphatic carbocycles. The molecule has 0 atom stereocenters. The van der Waals surface area contributed by atoms with Gasteiger partial charge in [-0.05, 0) is 31.7 Å². The van der Waals surface area contributed by atoms with Gasteiger partial charge in [0.05, 0.1) is 5.69 Å². The van der Waals surface area contributed by atoms with Crippen LogP contribution in [0.15, 0.2) is 18.2 Å². The van der Waals surface area contributed by atoms with Gasteiger partial charge >= 0.3 is 0 Å². The second-order valence-corrected chi connectivity index (χ2v) is 6.24. The molecule has 0 bridgehead atoms. The Hall–Kier alpha value is -2.08. The summed E-state index contributed by atoms with van der Waals surface area (Å²) in [6, 6.07) is 5.78. The predicted octanol–water partition coefficient (Wildman–Crippen LogP) is 0.885. The minimum Gasteiger partial charge on any atom is -0.482 e. The van der Waals surface area contributed by atoms with E-state index < -0.39 is 0 Å². The van der Waals surface area contributed by atoms with Crippen LogP contribution in [0.4, 0.5) is 5.69 Å². The van der Waals surface area contributed by atoms with Gasteiger partial charge in [0.25, 0.3) is 5.91 Å². The summed E-state index contributed by atoms with van der Waals surface area (Å²) in [7, 11) is 2.06. The maximum absolute atomic E-state index is 12.4. The fraction of sp³-hybridized carbons (Fsp3) is 0.529. The Morgan fingerprint density at radius 3 is 2.70 bits per heavy atom. The number of hydrogen-bond donors (Lipinski definition) is 0.